The first kappa shape index (κ1) is 16.8. The lowest BCUT2D eigenvalue weighted by Gasteiger charge is -2.30. The number of benzene rings is 1. The molecule has 4 rings (SSSR count). The minimum Gasteiger partial charge on any atom is -0.381 e. The van der Waals surface area contributed by atoms with E-state index in [2.05, 4.69) is 15.0 Å². The average Bonchev–Trinajstić information content (AvgIpc) is 3.32. The molecule has 0 radical (unpaired) electrons. The highest BCUT2D eigenvalue weighted by atomic mass is 35.5. The van der Waals surface area contributed by atoms with Gasteiger partial charge in [0.1, 0.15) is 0 Å². The molecule has 3 heterocycles. The quantitative estimate of drug-likeness (QED) is 0.811. The van der Waals surface area contributed by atoms with E-state index in [0.29, 0.717) is 28.9 Å². The summed E-state index contributed by atoms with van der Waals surface area (Å²) >= 11 is 6.02. The second kappa shape index (κ2) is 7.72. The van der Waals surface area contributed by atoms with Crippen molar-refractivity contribution in [3.63, 3.8) is 0 Å². The van der Waals surface area contributed by atoms with E-state index in [9.17, 15) is 0 Å². The normalized spacial score (nSPS) is 21.8. The molecule has 2 saturated heterocycles. The molecule has 2 aromatic rings. The highest BCUT2D eigenvalue weighted by Gasteiger charge is 2.25. The van der Waals surface area contributed by atoms with Crippen LogP contribution in [0.15, 0.2) is 28.8 Å². The van der Waals surface area contributed by atoms with Crippen molar-refractivity contribution in [2.45, 2.75) is 25.4 Å². The Balaban J connectivity index is 1.30. The molecular weight excluding hydrogens is 342 g/mol. The predicted octanol–water partition coefficient (Wildman–Crippen LogP) is 3.41. The van der Waals surface area contributed by atoms with Crippen LogP contribution in [0.25, 0.3) is 11.4 Å². The molecule has 134 valence electrons. The maximum atomic E-state index is 6.05. The summed E-state index contributed by atoms with van der Waals surface area (Å²) in [4.78, 5) is 6.64. The third-order valence-electron chi connectivity index (χ3n) is 4.80. The van der Waals surface area contributed by atoms with Crippen LogP contribution in [0.4, 0.5) is 6.01 Å². The van der Waals surface area contributed by atoms with Crippen molar-refractivity contribution < 1.29 is 14.0 Å². The molecule has 6 nitrogen and oxygen atoms in total. The summed E-state index contributed by atoms with van der Waals surface area (Å²) in [6.07, 6.45) is 3.38. The molecule has 2 aliphatic rings. The van der Waals surface area contributed by atoms with Gasteiger partial charge < -0.3 is 18.9 Å². The summed E-state index contributed by atoms with van der Waals surface area (Å²) in [5.41, 5.74) is 0.861. The molecule has 1 atom stereocenters. The van der Waals surface area contributed by atoms with E-state index >= 15 is 0 Å². The zero-order chi connectivity index (χ0) is 17.1. The fourth-order valence-corrected chi connectivity index (χ4v) is 3.48. The lowest BCUT2D eigenvalue weighted by molar-refractivity contribution is 0.0126. The van der Waals surface area contributed by atoms with Crippen LogP contribution in [0.5, 0.6) is 0 Å². The first-order valence-corrected chi connectivity index (χ1v) is 9.19. The van der Waals surface area contributed by atoms with Gasteiger partial charge in [-0.3, -0.25) is 0 Å². The van der Waals surface area contributed by atoms with Gasteiger partial charge in [0, 0.05) is 36.2 Å². The molecular formula is C18H22ClN3O3. The molecule has 2 fully saturated rings. The monoisotopic (exact) mass is 363 g/mol. The summed E-state index contributed by atoms with van der Waals surface area (Å²) in [6.45, 7) is 4.25. The Morgan fingerprint density at radius 1 is 1.24 bits per heavy atom. The van der Waals surface area contributed by atoms with E-state index in [1.807, 2.05) is 24.3 Å². The smallest absolute Gasteiger partial charge is 0.324 e. The van der Waals surface area contributed by atoms with E-state index in [-0.39, 0.29) is 0 Å². The Kier molecular flexibility index (Phi) is 5.20. The van der Waals surface area contributed by atoms with Gasteiger partial charge in [-0.1, -0.05) is 28.9 Å². The molecule has 1 aromatic heterocycles. The van der Waals surface area contributed by atoms with Gasteiger partial charge in [0.15, 0.2) is 0 Å². The zero-order valence-electron chi connectivity index (χ0n) is 14.1. The van der Waals surface area contributed by atoms with Gasteiger partial charge in [0.25, 0.3) is 0 Å². The van der Waals surface area contributed by atoms with E-state index in [1.165, 1.54) is 0 Å². The number of hydrogen-bond acceptors (Lipinski definition) is 6. The summed E-state index contributed by atoms with van der Waals surface area (Å²) in [7, 11) is 0. The van der Waals surface area contributed by atoms with Crippen LogP contribution in [0, 0.1) is 5.92 Å². The molecule has 2 aliphatic heterocycles. The van der Waals surface area contributed by atoms with Gasteiger partial charge in [-0.15, -0.1) is 0 Å². The number of halogens is 1. The van der Waals surface area contributed by atoms with E-state index in [4.69, 9.17) is 25.6 Å². The van der Waals surface area contributed by atoms with Gasteiger partial charge in [0.2, 0.25) is 5.82 Å². The molecule has 0 saturated carbocycles. The summed E-state index contributed by atoms with van der Waals surface area (Å²) in [5, 5.41) is 4.74. The first-order valence-electron chi connectivity index (χ1n) is 8.82. The second-order valence-electron chi connectivity index (χ2n) is 6.66. The van der Waals surface area contributed by atoms with Crippen LogP contribution in [0.2, 0.25) is 5.02 Å². The minimum absolute atomic E-state index is 0.312. The van der Waals surface area contributed by atoms with Crippen LogP contribution >= 0.6 is 11.6 Å². The number of aromatic nitrogens is 2. The third kappa shape index (κ3) is 4.14. The topological polar surface area (TPSA) is 60.6 Å². The molecule has 0 aliphatic carbocycles. The van der Waals surface area contributed by atoms with Crippen LogP contribution in [0.1, 0.15) is 19.3 Å². The summed E-state index contributed by atoms with van der Waals surface area (Å²) in [5.74, 6) is 1.13. The zero-order valence-corrected chi connectivity index (χ0v) is 14.8. The number of nitrogens with zero attached hydrogens (tertiary/aromatic N) is 3. The van der Waals surface area contributed by atoms with Crippen molar-refractivity contribution in [2.75, 3.05) is 37.8 Å². The van der Waals surface area contributed by atoms with Gasteiger partial charge in [-0.25, -0.2) is 0 Å². The van der Waals surface area contributed by atoms with Crippen LogP contribution in [-0.2, 0) is 9.47 Å². The number of rotatable bonds is 5. The Bertz CT molecular complexity index is 694. The highest BCUT2D eigenvalue weighted by Crippen LogP contribution is 2.25. The average molecular weight is 364 g/mol. The fraction of sp³-hybridized carbons (Fsp3) is 0.556. The van der Waals surface area contributed by atoms with Crippen LogP contribution < -0.4 is 4.90 Å². The van der Waals surface area contributed by atoms with Crippen LogP contribution in [0.3, 0.4) is 0 Å². The third-order valence-corrected chi connectivity index (χ3v) is 5.04. The number of ether oxygens (including phenoxy) is 2. The van der Waals surface area contributed by atoms with Gasteiger partial charge in [-0.2, -0.15) is 4.98 Å². The van der Waals surface area contributed by atoms with E-state index in [0.717, 1.165) is 57.7 Å². The van der Waals surface area contributed by atoms with Crippen molar-refractivity contribution in [3.8, 4) is 11.4 Å². The molecule has 0 N–H and O–H groups in total. The number of piperidine rings is 1. The number of hydrogen-bond donors (Lipinski definition) is 0. The molecule has 7 heteroatoms. The van der Waals surface area contributed by atoms with E-state index in [1.54, 1.807) is 0 Å². The Hall–Kier alpha value is -1.63. The standard InChI is InChI=1S/C18H22ClN3O3/c19-15-3-1-2-14(10-15)17-20-18(25-21-17)22-7-4-16(5-8-22)24-12-13-6-9-23-11-13/h1-3,10,13,16H,4-9,11-12H2. The first-order chi connectivity index (χ1) is 12.3. The van der Waals surface area contributed by atoms with Crippen molar-refractivity contribution in [3.05, 3.63) is 29.3 Å². The van der Waals surface area contributed by atoms with Gasteiger partial charge >= 0.3 is 6.01 Å². The Labute approximate surface area is 152 Å². The van der Waals surface area contributed by atoms with Gasteiger partial charge in [0.05, 0.1) is 19.3 Å². The van der Waals surface area contributed by atoms with Crippen molar-refractivity contribution >= 4 is 17.6 Å². The predicted molar refractivity (Wildman–Crippen MR) is 94.9 cm³/mol. The van der Waals surface area contributed by atoms with Crippen molar-refractivity contribution in [1.29, 1.82) is 0 Å². The fourth-order valence-electron chi connectivity index (χ4n) is 3.29. The van der Waals surface area contributed by atoms with E-state index < -0.39 is 0 Å². The molecule has 25 heavy (non-hydrogen) atoms. The second-order valence-corrected chi connectivity index (χ2v) is 7.10. The lowest BCUT2D eigenvalue weighted by atomic mass is 10.1. The lowest BCUT2D eigenvalue weighted by Crippen LogP contribution is -2.37. The maximum Gasteiger partial charge on any atom is 0.324 e. The summed E-state index contributed by atoms with van der Waals surface area (Å²) in [6, 6.07) is 8.04. The Morgan fingerprint density at radius 2 is 2.12 bits per heavy atom. The molecule has 0 bridgehead atoms. The highest BCUT2D eigenvalue weighted by molar-refractivity contribution is 6.30. The maximum absolute atomic E-state index is 6.05. The molecule has 1 unspecified atom stereocenters. The van der Waals surface area contributed by atoms with Crippen LogP contribution in [-0.4, -0.2) is 49.2 Å². The van der Waals surface area contributed by atoms with Crippen molar-refractivity contribution in [2.24, 2.45) is 5.92 Å². The van der Waals surface area contributed by atoms with Gasteiger partial charge in [-0.05, 0) is 31.4 Å². The molecule has 1 aromatic carbocycles. The number of anilines is 1. The minimum atomic E-state index is 0.312. The largest absolute Gasteiger partial charge is 0.381 e. The van der Waals surface area contributed by atoms with Crippen molar-refractivity contribution in [1.82, 2.24) is 10.1 Å². The summed E-state index contributed by atoms with van der Waals surface area (Å²) < 4.78 is 16.9. The molecule has 0 spiro atoms. The Morgan fingerprint density at radius 3 is 2.88 bits per heavy atom. The SMILES string of the molecule is Clc1cccc(-c2noc(N3CCC(OCC4CCOC4)CC3)n2)c1. The molecule has 0 amide bonds.